The van der Waals surface area contributed by atoms with E-state index in [1.54, 1.807) is 13.2 Å². The Morgan fingerprint density at radius 1 is 1.29 bits per heavy atom. The summed E-state index contributed by atoms with van der Waals surface area (Å²) in [5.41, 5.74) is 0.757. The number of isocyanates is 1. The smallest absolute Gasteiger partial charge is 0.235 e. The molecular formula is C13H15NO3. The first-order chi connectivity index (χ1) is 8.30. The minimum atomic E-state index is -0.299. The van der Waals surface area contributed by atoms with Gasteiger partial charge in [-0.15, -0.1) is 0 Å². The molecule has 0 aromatic heterocycles. The molecule has 1 aliphatic carbocycles. The lowest BCUT2D eigenvalue weighted by atomic mass is 10.1. The molecule has 0 radical (unpaired) electrons. The molecule has 17 heavy (non-hydrogen) atoms. The molecule has 0 aliphatic heterocycles. The highest BCUT2D eigenvalue weighted by Crippen LogP contribution is 2.49. The fourth-order valence-electron chi connectivity index (χ4n) is 1.78. The number of hydrogen-bond donors (Lipinski definition) is 0. The lowest BCUT2D eigenvalue weighted by Crippen LogP contribution is -2.05. The molecule has 4 nitrogen and oxygen atoms in total. The highest BCUT2D eigenvalue weighted by molar-refractivity contribution is 5.42. The molecule has 0 amide bonds. The number of hydrogen-bond acceptors (Lipinski definition) is 4. The Labute approximate surface area is 100 Å². The maximum Gasteiger partial charge on any atom is 0.235 e. The largest absolute Gasteiger partial charge is 0.491 e. The van der Waals surface area contributed by atoms with Gasteiger partial charge < -0.3 is 9.47 Å². The molecule has 1 aromatic carbocycles. The summed E-state index contributed by atoms with van der Waals surface area (Å²) >= 11 is 0. The van der Waals surface area contributed by atoms with Crippen molar-refractivity contribution >= 4 is 6.08 Å². The number of aliphatic imine (C=N–C) groups is 1. The van der Waals surface area contributed by atoms with Crippen molar-refractivity contribution < 1.29 is 14.3 Å². The third-order valence-corrected chi connectivity index (χ3v) is 2.93. The monoisotopic (exact) mass is 233 g/mol. The van der Waals surface area contributed by atoms with Gasteiger partial charge in [0.15, 0.2) is 0 Å². The predicted molar refractivity (Wildman–Crippen MR) is 62.8 cm³/mol. The third kappa shape index (κ3) is 2.73. The molecule has 0 saturated heterocycles. The molecule has 4 heteroatoms. The minimum absolute atomic E-state index is 0.299. The molecule has 1 saturated carbocycles. The van der Waals surface area contributed by atoms with Crippen molar-refractivity contribution in [2.45, 2.75) is 18.4 Å². The Balaban J connectivity index is 2.01. The molecule has 0 unspecified atom stereocenters. The second kappa shape index (κ2) is 5.13. The maximum absolute atomic E-state index is 10.3. The van der Waals surface area contributed by atoms with Crippen molar-refractivity contribution in [1.29, 1.82) is 0 Å². The van der Waals surface area contributed by atoms with Gasteiger partial charge in [0.25, 0.3) is 0 Å². The zero-order valence-corrected chi connectivity index (χ0v) is 9.81. The molecule has 0 spiro atoms. The Morgan fingerprint density at radius 2 is 2.00 bits per heavy atom. The van der Waals surface area contributed by atoms with Gasteiger partial charge in [0, 0.05) is 7.11 Å². The van der Waals surface area contributed by atoms with Gasteiger partial charge in [0.05, 0.1) is 12.1 Å². The minimum Gasteiger partial charge on any atom is -0.491 e. The molecule has 0 atom stereocenters. The van der Waals surface area contributed by atoms with Crippen LogP contribution in [0.3, 0.4) is 0 Å². The average Bonchev–Trinajstić information content (AvgIpc) is 3.12. The van der Waals surface area contributed by atoms with Crippen molar-refractivity contribution in [1.82, 2.24) is 0 Å². The number of carbonyl (C=O) groups excluding carboxylic acids is 1. The van der Waals surface area contributed by atoms with Crippen molar-refractivity contribution in [3.05, 3.63) is 29.8 Å². The van der Waals surface area contributed by atoms with Crippen molar-refractivity contribution in [2.24, 2.45) is 4.99 Å². The first-order valence-corrected chi connectivity index (χ1v) is 5.62. The zero-order chi connectivity index (χ0) is 12.1. The van der Waals surface area contributed by atoms with Gasteiger partial charge in [-0.25, -0.2) is 4.79 Å². The van der Waals surface area contributed by atoms with Gasteiger partial charge in [-0.05, 0) is 30.5 Å². The Morgan fingerprint density at radius 3 is 2.53 bits per heavy atom. The summed E-state index contributed by atoms with van der Waals surface area (Å²) < 4.78 is 10.4. The number of nitrogens with zero attached hydrogens (tertiary/aromatic N) is 1. The normalized spacial score (nSPS) is 16.1. The van der Waals surface area contributed by atoms with Gasteiger partial charge in [0.2, 0.25) is 6.08 Å². The van der Waals surface area contributed by atoms with Gasteiger partial charge in [-0.3, -0.25) is 0 Å². The van der Waals surface area contributed by atoms with E-state index in [2.05, 4.69) is 4.99 Å². The second-order valence-corrected chi connectivity index (χ2v) is 4.10. The fourth-order valence-corrected chi connectivity index (χ4v) is 1.78. The standard InChI is InChI=1S/C13H15NO3/c1-16-8-9-17-12-4-2-11(3-5-12)13(6-7-13)14-10-15/h2-5H,6-9H2,1H3. The quantitative estimate of drug-likeness (QED) is 0.429. The molecule has 90 valence electrons. The molecular weight excluding hydrogens is 218 g/mol. The highest BCUT2D eigenvalue weighted by Gasteiger charge is 2.44. The van der Waals surface area contributed by atoms with Gasteiger partial charge in [-0.2, -0.15) is 4.99 Å². The number of rotatable bonds is 6. The van der Waals surface area contributed by atoms with Crippen LogP contribution < -0.4 is 4.74 Å². The first kappa shape index (κ1) is 11.8. The van der Waals surface area contributed by atoms with Crippen molar-refractivity contribution in [2.75, 3.05) is 20.3 Å². The van der Waals surface area contributed by atoms with Crippen molar-refractivity contribution in [3.63, 3.8) is 0 Å². The van der Waals surface area contributed by atoms with E-state index in [1.807, 2.05) is 24.3 Å². The van der Waals surface area contributed by atoms with E-state index in [4.69, 9.17) is 9.47 Å². The van der Waals surface area contributed by atoms with Crippen LogP contribution in [0.4, 0.5) is 0 Å². The summed E-state index contributed by atoms with van der Waals surface area (Å²) in [6.45, 7) is 1.11. The maximum atomic E-state index is 10.3. The SMILES string of the molecule is COCCOc1ccc(C2(N=C=O)CC2)cc1. The van der Waals surface area contributed by atoms with Crippen LogP contribution in [0.15, 0.2) is 29.3 Å². The van der Waals surface area contributed by atoms with Gasteiger partial charge in [-0.1, -0.05) is 12.1 Å². The van der Waals surface area contributed by atoms with E-state index >= 15 is 0 Å². The van der Waals surface area contributed by atoms with Crippen LogP contribution in [0.5, 0.6) is 5.75 Å². The summed E-state index contributed by atoms with van der Waals surface area (Å²) in [6, 6.07) is 7.70. The van der Waals surface area contributed by atoms with Gasteiger partial charge >= 0.3 is 0 Å². The summed E-state index contributed by atoms with van der Waals surface area (Å²) in [7, 11) is 1.64. The topological polar surface area (TPSA) is 47.9 Å². The summed E-state index contributed by atoms with van der Waals surface area (Å²) in [4.78, 5) is 14.2. The van der Waals surface area contributed by atoms with Crippen LogP contribution in [-0.4, -0.2) is 26.4 Å². The van der Waals surface area contributed by atoms with Crippen molar-refractivity contribution in [3.8, 4) is 5.75 Å². The molecule has 0 heterocycles. The summed E-state index contributed by atoms with van der Waals surface area (Å²) in [6.07, 6.45) is 3.50. The first-order valence-electron chi connectivity index (χ1n) is 5.62. The van der Waals surface area contributed by atoms with Crippen LogP contribution in [0, 0.1) is 0 Å². The molecule has 0 N–H and O–H groups in total. The van der Waals surface area contributed by atoms with E-state index in [0.29, 0.717) is 13.2 Å². The lowest BCUT2D eigenvalue weighted by molar-refractivity contribution is 0.146. The Kier molecular flexibility index (Phi) is 3.57. The lowest BCUT2D eigenvalue weighted by Gasteiger charge is -2.10. The van der Waals surface area contributed by atoms with Gasteiger partial charge in [0.1, 0.15) is 12.4 Å². The van der Waals surface area contributed by atoms with Crippen LogP contribution in [-0.2, 0) is 15.1 Å². The predicted octanol–water partition coefficient (Wildman–Crippen LogP) is 2.04. The number of methoxy groups -OCH3 is 1. The van der Waals surface area contributed by atoms with E-state index in [0.717, 1.165) is 24.2 Å². The summed E-state index contributed by atoms with van der Waals surface area (Å²) in [5.74, 6) is 0.802. The van der Waals surface area contributed by atoms with E-state index in [1.165, 1.54) is 0 Å². The molecule has 1 aromatic rings. The summed E-state index contributed by atoms with van der Waals surface area (Å²) in [5, 5.41) is 0. The fraction of sp³-hybridized carbons (Fsp3) is 0.462. The van der Waals surface area contributed by atoms with Crippen LogP contribution in [0.25, 0.3) is 0 Å². The molecule has 1 fully saturated rings. The third-order valence-electron chi connectivity index (χ3n) is 2.93. The second-order valence-electron chi connectivity index (χ2n) is 4.10. The molecule has 2 rings (SSSR count). The van der Waals surface area contributed by atoms with E-state index in [-0.39, 0.29) is 5.54 Å². The molecule has 0 bridgehead atoms. The van der Waals surface area contributed by atoms with Crippen LogP contribution >= 0.6 is 0 Å². The Hall–Kier alpha value is -1.64. The zero-order valence-electron chi connectivity index (χ0n) is 9.81. The number of ether oxygens (including phenoxy) is 2. The molecule has 1 aliphatic rings. The number of benzene rings is 1. The average molecular weight is 233 g/mol. The van der Waals surface area contributed by atoms with Crippen LogP contribution in [0.2, 0.25) is 0 Å². The highest BCUT2D eigenvalue weighted by atomic mass is 16.5. The van der Waals surface area contributed by atoms with E-state index < -0.39 is 0 Å². The van der Waals surface area contributed by atoms with Crippen LogP contribution in [0.1, 0.15) is 18.4 Å². The Bertz CT molecular complexity index is 417. The van der Waals surface area contributed by atoms with E-state index in [9.17, 15) is 4.79 Å².